The second-order valence-electron chi connectivity index (χ2n) is 17.4. The highest BCUT2D eigenvalue weighted by atomic mass is 35.5. The first-order valence-corrected chi connectivity index (χ1v) is 28.3. The summed E-state index contributed by atoms with van der Waals surface area (Å²) in [6, 6.07) is 39.9. The molecule has 412 valence electrons. The van der Waals surface area contributed by atoms with Crippen molar-refractivity contribution in [3.05, 3.63) is 144 Å². The molecule has 4 aromatic rings. The third-order valence-corrected chi connectivity index (χ3v) is 11.7. The number of hydrogen-bond acceptors (Lipinski definition) is 10. The van der Waals surface area contributed by atoms with Gasteiger partial charge >= 0.3 is 5.97 Å². The maximum atomic E-state index is 13.0. The number of hydrogen-bond donors (Lipinski definition) is 1. The molecule has 0 aromatic heterocycles. The van der Waals surface area contributed by atoms with Crippen LogP contribution in [0.3, 0.4) is 0 Å². The molecule has 0 aliphatic carbocycles. The SMILES string of the molecule is CC.CC.CCCCCCCCCCCCCCCC(=O)OC(CO)COC1OC(COCc2ccccc2)C(OCc2ccccc2)C(OCc2ccccc2)C1OCc1ccccc1.CCCOC.CCl. The number of aliphatic hydroxyl groups excluding tert-OH is 1. The first-order valence-electron chi connectivity index (χ1n) is 27.6. The molecule has 0 spiro atoms. The van der Waals surface area contributed by atoms with Crippen molar-refractivity contribution in [3.8, 4) is 0 Å². The molecule has 1 aliphatic heterocycles. The number of carbonyl (C=O) groups is 1. The quantitative estimate of drug-likeness (QED) is 0.0276. The Labute approximate surface area is 448 Å². The molecule has 0 amide bonds. The highest BCUT2D eigenvalue weighted by Gasteiger charge is 2.49. The van der Waals surface area contributed by atoms with E-state index in [-0.39, 0.29) is 25.8 Å². The van der Waals surface area contributed by atoms with E-state index in [1.54, 1.807) is 7.11 Å². The van der Waals surface area contributed by atoms with Gasteiger partial charge in [-0.2, -0.15) is 0 Å². The number of carbonyl (C=O) groups excluding carboxylic acids is 1. The van der Waals surface area contributed by atoms with Gasteiger partial charge in [-0.3, -0.25) is 4.79 Å². The van der Waals surface area contributed by atoms with Crippen LogP contribution in [-0.4, -0.2) is 87.8 Å². The van der Waals surface area contributed by atoms with Crippen LogP contribution in [0.1, 0.15) is 160 Å². The van der Waals surface area contributed by atoms with Gasteiger partial charge in [0, 0.05) is 26.5 Å². The van der Waals surface area contributed by atoms with E-state index >= 15 is 0 Å². The monoisotopic (exact) mass is 1040 g/mol. The highest BCUT2D eigenvalue weighted by Crippen LogP contribution is 2.32. The first kappa shape index (κ1) is 67.3. The number of rotatable bonds is 34. The number of halogens is 1. The van der Waals surface area contributed by atoms with Gasteiger partial charge in [-0.25, -0.2) is 0 Å². The summed E-state index contributed by atoms with van der Waals surface area (Å²) in [5, 5.41) is 10.4. The predicted octanol–water partition coefficient (Wildman–Crippen LogP) is 15.0. The van der Waals surface area contributed by atoms with Gasteiger partial charge < -0.3 is 43.0 Å². The molecule has 1 N–H and O–H groups in total. The molecular weight excluding hydrogens is 940 g/mol. The Balaban J connectivity index is 0.00000223. The lowest BCUT2D eigenvalue weighted by Crippen LogP contribution is -2.62. The van der Waals surface area contributed by atoms with E-state index in [0.717, 1.165) is 54.5 Å². The minimum atomic E-state index is -0.977. The zero-order valence-electron chi connectivity index (χ0n) is 46.3. The van der Waals surface area contributed by atoms with Crippen LogP contribution in [-0.2, 0) is 69.1 Å². The molecule has 10 nitrogen and oxygen atoms in total. The molecule has 0 saturated carbocycles. The normalized spacial score (nSPS) is 17.2. The molecule has 0 bridgehead atoms. The maximum absolute atomic E-state index is 13.0. The van der Waals surface area contributed by atoms with Crippen LogP contribution in [0, 0.1) is 0 Å². The summed E-state index contributed by atoms with van der Waals surface area (Å²) in [7, 11) is 1.71. The van der Waals surface area contributed by atoms with Gasteiger partial charge in [0.05, 0.1) is 46.2 Å². The van der Waals surface area contributed by atoms with E-state index in [0.29, 0.717) is 26.2 Å². The standard InChI is InChI=1S/C53H72O9.C4H10O.2C2H6.CH3Cl/c1-2-3-4-5-6-7-8-9-10-11-12-13-26-35-49(55)61-47(36-54)41-60-53-52(59-40-46-33-24-17-25-34-46)51(58-39-45-31-22-16-23-32-45)50(57-38-44-29-20-15-21-30-44)48(62-53)42-56-37-43-27-18-14-19-28-43;1-3-4-5-2;3*1-2/h14-25,27-34,47-48,50-54H,2-13,26,35-42H2,1H3;3-4H2,1-2H3;2*1-2H3;1H3. The van der Waals surface area contributed by atoms with E-state index in [4.69, 9.17) is 37.9 Å². The summed E-state index contributed by atoms with van der Waals surface area (Å²) >= 11 is 4.64. The first-order chi connectivity index (χ1) is 36.0. The van der Waals surface area contributed by atoms with E-state index < -0.39 is 43.4 Å². The van der Waals surface area contributed by atoms with Crippen LogP contribution in [0.25, 0.3) is 0 Å². The van der Waals surface area contributed by atoms with Crippen LogP contribution in [0.2, 0.25) is 0 Å². The second kappa shape index (κ2) is 48.0. The zero-order valence-corrected chi connectivity index (χ0v) is 47.0. The summed E-state index contributed by atoms with van der Waals surface area (Å²) in [4.78, 5) is 13.0. The van der Waals surface area contributed by atoms with Gasteiger partial charge in [0.1, 0.15) is 30.5 Å². The lowest BCUT2D eigenvalue weighted by molar-refractivity contribution is -0.331. The van der Waals surface area contributed by atoms with Gasteiger partial charge in [-0.05, 0) is 35.1 Å². The van der Waals surface area contributed by atoms with Crippen molar-refractivity contribution in [2.45, 2.75) is 201 Å². The summed E-state index contributed by atoms with van der Waals surface area (Å²) in [6.07, 6.45) is 14.3. The molecule has 73 heavy (non-hydrogen) atoms. The number of unbranched alkanes of at least 4 members (excludes halogenated alkanes) is 12. The van der Waals surface area contributed by atoms with Crippen molar-refractivity contribution in [1.29, 1.82) is 0 Å². The van der Waals surface area contributed by atoms with Gasteiger partial charge in [-0.1, -0.05) is 240 Å². The van der Waals surface area contributed by atoms with Crippen LogP contribution in [0.4, 0.5) is 0 Å². The van der Waals surface area contributed by atoms with Crippen LogP contribution >= 0.6 is 11.6 Å². The molecular formula is C62H97ClO10. The average Bonchev–Trinajstić information content (AvgIpc) is 3.45. The minimum absolute atomic E-state index is 0.102. The molecule has 1 saturated heterocycles. The molecule has 5 rings (SSSR count). The van der Waals surface area contributed by atoms with E-state index in [1.807, 2.05) is 149 Å². The number of methoxy groups -OCH3 is 1. The lowest BCUT2D eigenvalue weighted by atomic mass is 9.97. The molecule has 6 unspecified atom stereocenters. The minimum Gasteiger partial charge on any atom is -0.457 e. The van der Waals surface area contributed by atoms with Gasteiger partial charge in [-0.15, -0.1) is 11.6 Å². The van der Waals surface area contributed by atoms with Gasteiger partial charge in [0.2, 0.25) is 0 Å². The summed E-state index contributed by atoms with van der Waals surface area (Å²) in [6.45, 7) is 14.2. The smallest absolute Gasteiger partial charge is 0.306 e. The number of aliphatic hydroxyl groups is 1. The fourth-order valence-corrected chi connectivity index (χ4v) is 7.94. The van der Waals surface area contributed by atoms with E-state index in [9.17, 15) is 9.90 Å². The lowest BCUT2D eigenvalue weighted by Gasteiger charge is -2.46. The average molecular weight is 1040 g/mol. The van der Waals surface area contributed by atoms with Crippen molar-refractivity contribution in [1.82, 2.24) is 0 Å². The van der Waals surface area contributed by atoms with Crippen molar-refractivity contribution in [2.24, 2.45) is 0 Å². The highest BCUT2D eigenvalue weighted by molar-refractivity contribution is 6.15. The molecule has 6 atom stereocenters. The Morgan fingerprint density at radius 1 is 0.534 bits per heavy atom. The molecule has 11 heteroatoms. The van der Waals surface area contributed by atoms with Crippen molar-refractivity contribution < 1.29 is 47.8 Å². The molecule has 1 fully saturated rings. The number of benzene rings is 4. The Hall–Kier alpha value is -3.68. The number of ether oxygens (including phenoxy) is 8. The summed E-state index contributed by atoms with van der Waals surface area (Å²) < 4.78 is 50.2. The topological polar surface area (TPSA) is 111 Å². The molecule has 0 radical (unpaired) electrons. The third kappa shape index (κ3) is 31.7. The zero-order chi connectivity index (χ0) is 53.4. The van der Waals surface area contributed by atoms with Crippen LogP contribution in [0.5, 0.6) is 0 Å². The third-order valence-electron chi connectivity index (χ3n) is 11.7. The van der Waals surface area contributed by atoms with Crippen molar-refractivity contribution in [3.63, 3.8) is 0 Å². The predicted molar refractivity (Wildman–Crippen MR) is 300 cm³/mol. The molecule has 4 aromatic carbocycles. The van der Waals surface area contributed by atoms with Crippen molar-refractivity contribution in [2.75, 3.05) is 39.9 Å². The largest absolute Gasteiger partial charge is 0.457 e. The van der Waals surface area contributed by atoms with Crippen LogP contribution in [0.15, 0.2) is 121 Å². The van der Waals surface area contributed by atoms with Crippen LogP contribution < -0.4 is 0 Å². The van der Waals surface area contributed by atoms with E-state index in [2.05, 4.69) is 25.4 Å². The van der Waals surface area contributed by atoms with E-state index in [1.165, 1.54) is 70.6 Å². The Kier molecular flexibility index (Phi) is 44.3. The summed E-state index contributed by atoms with van der Waals surface area (Å²) in [5.41, 5.74) is 4.00. The molecule has 1 heterocycles. The molecule has 1 aliphatic rings. The Bertz CT molecular complexity index is 1750. The summed E-state index contributed by atoms with van der Waals surface area (Å²) in [5.74, 6) is -0.345. The second-order valence-corrected chi connectivity index (χ2v) is 17.4. The van der Waals surface area contributed by atoms with Crippen molar-refractivity contribution >= 4 is 17.6 Å². The fraction of sp³-hybridized carbons (Fsp3) is 0.597. The number of esters is 1. The van der Waals surface area contributed by atoms with Gasteiger partial charge in [0.15, 0.2) is 6.29 Å². The maximum Gasteiger partial charge on any atom is 0.306 e. The Morgan fingerprint density at radius 2 is 0.932 bits per heavy atom. The fourth-order valence-electron chi connectivity index (χ4n) is 7.94. The Morgan fingerprint density at radius 3 is 1.33 bits per heavy atom. The number of alkyl halides is 1. The van der Waals surface area contributed by atoms with Gasteiger partial charge in [0.25, 0.3) is 0 Å².